The summed E-state index contributed by atoms with van der Waals surface area (Å²) in [5.41, 5.74) is 3.87. The van der Waals surface area contributed by atoms with Gasteiger partial charge in [0.05, 0.1) is 23.5 Å². The lowest BCUT2D eigenvalue weighted by atomic mass is 9.85. The molecule has 1 saturated carbocycles. The van der Waals surface area contributed by atoms with Gasteiger partial charge >= 0.3 is 0 Å². The summed E-state index contributed by atoms with van der Waals surface area (Å²) in [6, 6.07) is 12.9. The van der Waals surface area contributed by atoms with Gasteiger partial charge < -0.3 is 15.2 Å². The SMILES string of the molecule is Cc1ccc(-c2nc3cc(NC(=O)[C@@H](NC(=O)[C@H](CC4CCCC4)CN(O)C=O)C(C)(C)C)ccc3n2C)cc1. The average Bonchev–Trinajstić information content (AvgIpc) is 3.53. The first-order chi connectivity index (χ1) is 19.0. The van der Waals surface area contributed by atoms with Crippen molar-refractivity contribution in [2.75, 3.05) is 11.9 Å². The maximum absolute atomic E-state index is 13.5. The summed E-state index contributed by atoms with van der Waals surface area (Å²) in [6.07, 6.45) is 5.17. The number of amides is 3. The fourth-order valence-electron chi connectivity index (χ4n) is 5.57. The molecule has 9 heteroatoms. The van der Waals surface area contributed by atoms with Crippen LogP contribution in [0, 0.1) is 24.2 Å². The van der Waals surface area contributed by atoms with Gasteiger partial charge in [-0.1, -0.05) is 76.3 Å². The van der Waals surface area contributed by atoms with Gasteiger partial charge in [-0.3, -0.25) is 19.6 Å². The van der Waals surface area contributed by atoms with Crippen LogP contribution in [0.2, 0.25) is 0 Å². The number of hydrogen-bond donors (Lipinski definition) is 3. The molecule has 9 nitrogen and oxygen atoms in total. The number of benzene rings is 2. The van der Waals surface area contributed by atoms with Crippen LogP contribution >= 0.6 is 0 Å². The molecule has 1 heterocycles. The minimum absolute atomic E-state index is 0.107. The van der Waals surface area contributed by atoms with E-state index in [0.29, 0.717) is 29.5 Å². The number of carbonyl (C=O) groups excluding carboxylic acids is 3. The molecule has 2 atom stereocenters. The number of nitrogens with one attached hydrogen (secondary N) is 2. The topological polar surface area (TPSA) is 117 Å². The van der Waals surface area contributed by atoms with E-state index >= 15 is 0 Å². The normalized spacial score (nSPS) is 15.6. The molecule has 0 bridgehead atoms. The van der Waals surface area contributed by atoms with Crippen LogP contribution in [0.5, 0.6) is 0 Å². The Morgan fingerprint density at radius 3 is 2.42 bits per heavy atom. The third kappa shape index (κ3) is 6.88. The summed E-state index contributed by atoms with van der Waals surface area (Å²) in [5, 5.41) is 16.3. The molecule has 0 spiro atoms. The van der Waals surface area contributed by atoms with E-state index in [1.165, 1.54) is 5.56 Å². The number of fused-ring (bicyclic) bond motifs is 1. The summed E-state index contributed by atoms with van der Waals surface area (Å²) in [7, 11) is 1.97. The lowest BCUT2D eigenvalue weighted by Crippen LogP contribution is -2.54. The number of carbonyl (C=O) groups is 3. The van der Waals surface area contributed by atoms with Gasteiger partial charge in [0.15, 0.2) is 0 Å². The summed E-state index contributed by atoms with van der Waals surface area (Å²) in [4.78, 5) is 42.8. The highest BCUT2D eigenvalue weighted by molar-refractivity contribution is 5.99. The Hall–Kier alpha value is -3.72. The molecule has 1 fully saturated rings. The number of hydrogen-bond acceptors (Lipinski definition) is 5. The zero-order valence-electron chi connectivity index (χ0n) is 24.1. The van der Waals surface area contributed by atoms with Gasteiger partial charge in [-0.25, -0.2) is 10.0 Å². The van der Waals surface area contributed by atoms with Crippen molar-refractivity contribution in [2.24, 2.45) is 24.3 Å². The molecule has 1 aliphatic carbocycles. The number of aromatic nitrogens is 2. The highest BCUT2D eigenvalue weighted by atomic mass is 16.5. The molecule has 4 rings (SSSR count). The predicted molar refractivity (Wildman–Crippen MR) is 156 cm³/mol. The first kappa shape index (κ1) is 29.3. The summed E-state index contributed by atoms with van der Waals surface area (Å²) >= 11 is 0. The summed E-state index contributed by atoms with van der Waals surface area (Å²) in [5.74, 6) is -0.0926. The predicted octanol–water partition coefficient (Wildman–Crippen LogP) is 5.06. The van der Waals surface area contributed by atoms with Crippen molar-refractivity contribution >= 4 is 34.9 Å². The fourth-order valence-corrected chi connectivity index (χ4v) is 5.57. The largest absolute Gasteiger partial charge is 0.343 e. The van der Waals surface area contributed by atoms with Crippen LogP contribution < -0.4 is 10.6 Å². The summed E-state index contributed by atoms with van der Waals surface area (Å²) in [6.45, 7) is 7.61. The summed E-state index contributed by atoms with van der Waals surface area (Å²) < 4.78 is 2.03. The van der Waals surface area contributed by atoms with Crippen LogP contribution in [0.1, 0.15) is 58.4 Å². The Labute approximate surface area is 235 Å². The quantitative estimate of drug-likeness (QED) is 0.186. The number of nitrogens with zero attached hydrogens (tertiary/aromatic N) is 3. The average molecular weight is 548 g/mol. The van der Waals surface area contributed by atoms with Crippen molar-refractivity contribution in [3.63, 3.8) is 0 Å². The molecule has 0 unspecified atom stereocenters. The number of imidazole rings is 1. The molecular weight excluding hydrogens is 506 g/mol. The number of anilines is 1. The highest BCUT2D eigenvalue weighted by Gasteiger charge is 2.36. The monoisotopic (exact) mass is 547 g/mol. The Balaban J connectivity index is 1.52. The smallest absolute Gasteiger partial charge is 0.247 e. The van der Waals surface area contributed by atoms with E-state index in [2.05, 4.69) is 22.8 Å². The number of rotatable bonds is 10. The van der Waals surface area contributed by atoms with Crippen molar-refractivity contribution in [1.82, 2.24) is 19.9 Å². The maximum atomic E-state index is 13.5. The first-order valence-electron chi connectivity index (χ1n) is 14.0. The van der Waals surface area contributed by atoms with E-state index in [1.807, 2.05) is 69.6 Å². The van der Waals surface area contributed by atoms with Crippen LogP contribution in [0.3, 0.4) is 0 Å². The lowest BCUT2D eigenvalue weighted by Gasteiger charge is -2.32. The zero-order chi connectivity index (χ0) is 29.0. The third-order valence-corrected chi connectivity index (χ3v) is 7.87. The van der Waals surface area contributed by atoms with Gasteiger partial charge in [0.2, 0.25) is 18.2 Å². The van der Waals surface area contributed by atoms with Crippen LogP contribution in [-0.4, -0.2) is 50.6 Å². The van der Waals surface area contributed by atoms with E-state index < -0.39 is 17.4 Å². The Kier molecular flexibility index (Phi) is 8.93. The molecule has 214 valence electrons. The van der Waals surface area contributed by atoms with E-state index in [9.17, 15) is 19.6 Å². The van der Waals surface area contributed by atoms with Crippen LogP contribution in [0.15, 0.2) is 42.5 Å². The molecule has 1 aliphatic rings. The number of hydroxylamine groups is 2. The molecule has 3 N–H and O–H groups in total. The molecule has 0 radical (unpaired) electrons. The molecular formula is C31H41N5O4. The van der Waals surface area contributed by atoms with E-state index in [4.69, 9.17) is 4.98 Å². The van der Waals surface area contributed by atoms with Gasteiger partial charge in [0, 0.05) is 18.3 Å². The maximum Gasteiger partial charge on any atom is 0.247 e. The second kappa shape index (κ2) is 12.2. The van der Waals surface area contributed by atoms with Gasteiger partial charge in [0.1, 0.15) is 11.9 Å². The van der Waals surface area contributed by atoms with E-state index in [-0.39, 0.29) is 18.4 Å². The second-order valence-corrected chi connectivity index (χ2v) is 12.2. The van der Waals surface area contributed by atoms with Gasteiger partial charge in [0.25, 0.3) is 0 Å². The van der Waals surface area contributed by atoms with Crippen molar-refractivity contribution in [3.05, 3.63) is 48.0 Å². The molecule has 0 aliphatic heterocycles. The van der Waals surface area contributed by atoms with Crippen molar-refractivity contribution in [2.45, 2.75) is 65.8 Å². The van der Waals surface area contributed by atoms with Crippen molar-refractivity contribution in [1.29, 1.82) is 0 Å². The fraction of sp³-hybridized carbons (Fsp3) is 0.484. The Bertz CT molecular complexity index is 1350. The Morgan fingerprint density at radius 2 is 1.80 bits per heavy atom. The van der Waals surface area contributed by atoms with Crippen LogP contribution in [0.25, 0.3) is 22.4 Å². The van der Waals surface area contributed by atoms with Gasteiger partial charge in [-0.05, 0) is 42.9 Å². The van der Waals surface area contributed by atoms with Crippen molar-refractivity contribution in [3.8, 4) is 11.4 Å². The van der Waals surface area contributed by atoms with Crippen molar-refractivity contribution < 1.29 is 19.6 Å². The molecule has 3 amide bonds. The molecule has 0 saturated heterocycles. The first-order valence-corrected chi connectivity index (χ1v) is 14.0. The minimum Gasteiger partial charge on any atom is -0.343 e. The second-order valence-electron chi connectivity index (χ2n) is 12.2. The molecule has 2 aromatic carbocycles. The van der Waals surface area contributed by atoms with Crippen LogP contribution in [-0.2, 0) is 21.4 Å². The lowest BCUT2D eigenvalue weighted by molar-refractivity contribution is -0.155. The third-order valence-electron chi connectivity index (χ3n) is 7.87. The zero-order valence-corrected chi connectivity index (χ0v) is 24.1. The van der Waals surface area contributed by atoms with Crippen LogP contribution in [0.4, 0.5) is 5.69 Å². The highest BCUT2D eigenvalue weighted by Crippen LogP contribution is 2.31. The molecule has 40 heavy (non-hydrogen) atoms. The van der Waals surface area contributed by atoms with E-state index in [1.54, 1.807) is 0 Å². The van der Waals surface area contributed by atoms with Gasteiger partial charge in [-0.15, -0.1) is 0 Å². The minimum atomic E-state index is -0.836. The number of aryl methyl sites for hydroxylation is 2. The molecule has 1 aromatic heterocycles. The van der Waals surface area contributed by atoms with Gasteiger partial charge in [-0.2, -0.15) is 0 Å². The Morgan fingerprint density at radius 1 is 1.12 bits per heavy atom. The standard InChI is InChI=1S/C31H41N5O4/c1-20-10-12-22(13-11-20)28-33-25-17-24(14-15-26(25)35(28)5)32-30(39)27(31(2,3)4)34-29(38)23(18-36(40)19-37)16-21-8-6-7-9-21/h10-15,17,19,21,23,27,40H,6-9,16,18H2,1-5H3,(H,32,39)(H,34,38)/t23-,27-/m1/s1. The molecule has 3 aromatic rings. The van der Waals surface area contributed by atoms with E-state index in [0.717, 1.165) is 48.1 Å².